The first-order valence-electron chi connectivity index (χ1n) is 8.61. The van der Waals surface area contributed by atoms with Crippen LogP contribution in [-0.2, 0) is 0 Å². The summed E-state index contributed by atoms with van der Waals surface area (Å²) in [6.45, 7) is 2.89. The van der Waals surface area contributed by atoms with Gasteiger partial charge in [0.15, 0.2) is 0 Å². The topological polar surface area (TPSA) is 95.8 Å². The zero-order chi connectivity index (χ0) is 17.8. The number of nitrogens with zero attached hydrogens (tertiary/aromatic N) is 3. The number of nitro benzene ring substituents is 1. The van der Waals surface area contributed by atoms with Crippen molar-refractivity contribution in [2.24, 2.45) is 5.92 Å². The Kier molecular flexibility index (Phi) is 5.16. The van der Waals surface area contributed by atoms with E-state index in [-0.39, 0.29) is 17.6 Å². The van der Waals surface area contributed by atoms with Gasteiger partial charge in [0.05, 0.1) is 4.92 Å². The van der Waals surface area contributed by atoms with Crippen LogP contribution in [0.1, 0.15) is 29.6 Å². The summed E-state index contributed by atoms with van der Waals surface area (Å²) in [4.78, 5) is 38.4. The second-order valence-corrected chi connectivity index (χ2v) is 6.57. The standard InChI is InChI=1S/C17H22N4O4/c22-16(14-4-6-15(7-5-14)21(24)25)19-8-1-9-20(11-10-19)17(23)18-12-13-2-3-13/h4-7,13H,1-3,8-12H2,(H,18,23). The first-order valence-corrected chi connectivity index (χ1v) is 8.61. The number of urea groups is 1. The molecule has 1 N–H and O–H groups in total. The fraction of sp³-hybridized carbons (Fsp3) is 0.529. The summed E-state index contributed by atoms with van der Waals surface area (Å²) in [5.74, 6) is 0.478. The lowest BCUT2D eigenvalue weighted by Crippen LogP contribution is -2.43. The summed E-state index contributed by atoms with van der Waals surface area (Å²) in [6, 6.07) is 5.57. The predicted molar refractivity (Wildman–Crippen MR) is 91.3 cm³/mol. The maximum absolute atomic E-state index is 12.6. The molecule has 3 rings (SSSR count). The summed E-state index contributed by atoms with van der Waals surface area (Å²) >= 11 is 0. The number of rotatable bonds is 4. The third-order valence-corrected chi connectivity index (χ3v) is 4.63. The van der Waals surface area contributed by atoms with Gasteiger partial charge in [0.2, 0.25) is 0 Å². The molecule has 8 nitrogen and oxygen atoms in total. The Bertz CT molecular complexity index is 657. The fourth-order valence-corrected chi connectivity index (χ4v) is 2.90. The number of hydrogen-bond acceptors (Lipinski definition) is 4. The third kappa shape index (κ3) is 4.46. The van der Waals surface area contributed by atoms with Gasteiger partial charge in [-0.1, -0.05) is 0 Å². The lowest BCUT2D eigenvalue weighted by molar-refractivity contribution is -0.384. The van der Waals surface area contributed by atoms with Crippen LogP contribution in [0.25, 0.3) is 0 Å². The number of non-ortho nitro benzene ring substituents is 1. The molecule has 134 valence electrons. The van der Waals surface area contributed by atoms with Crippen LogP contribution in [-0.4, -0.2) is 59.4 Å². The van der Waals surface area contributed by atoms with Crippen LogP contribution >= 0.6 is 0 Å². The van der Waals surface area contributed by atoms with E-state index in [1.165, 1.54) is 37.1 Å². The molecular weight excluding hydrogens is 324 g/mol. The van der Waals surface area contributed by atoms with Gasteiger partial charge in [-0.3, -0.25) is 14.9 Å². The van der Waals surface area contributed by atoms with Crippen molar-refractivity contribution in [1.82, 2.24) is 15.1 Å². The van der Waals surface area contributed by atoms with Crippen molar-refractivity contribution < 1.29 is 14.5 Å². The highest BCUT2D eigenvalue weighted by Crippen LogP contribution is 2.27. The van der Waals surface area contributed by atoms with Gasteiger partial charge in [-0.05, 0) is 37.3 Å². The van der Waals surface area contributed by atoms with Crippen molar-refractivity contribution in [2.75, 3.05) is 32.7 Å². The molecule has 0 atom stereocenters. The van der Waals surface area contributed by atoms with E-state index < -0.39 is 4.92 Å². The maximum Gasteiger partial charge on any atom is 0.317 e. The minimum atomic E-state index is -0.488. The Morgan fingerprint density at radius 2 is 1.72 bits per heavy atom. The van der Waals surface area contributed by atoms with Crippen LogP contribution < -0.4 is 5.32 Å². The van der Waals surface area contributed by atoms with E-state index in [0.29, 0.717) is 37.7 Å². The van der Waals surface area contributed by atoms with Gasteiger partial charge in [-0.15, -0.1) is 0 Å². The third-order valence-electron chi connectivity index (χ3n) is 4.63. The molecule has 3 amide bonds. The minimum Gasteiger partial charge on any atom is -0.338 e. The highest BCUT2D eigenvalue weighted by molar-refractivity contribution is 5.94. The summed E-state index contributed by atoms with van der Waals surface area (Å²) < 4.78 is 0. The molecule has 1 saturated carbocycles. The first-order chi connectivity index (χ1) is 12.0. The summed E-state index contributed by atoms with van der Waals surface area (Å²) in [6.07, 6.45) is 3.10. The Morgan fingerprint density at radius 3 is 2.36 bits per heavy atom. The zero-order valence-corrected chi connectivity index (χ0v) is 14.0. The second-order valence-electron chi connectivity index (χ2n) is 6.57. The molecule has 2 aliphatic rings. The van der Waals surface area contributed by atoms with Crippen LogP contribution in [0.15, 0.2) is 24.3 Å². The quantitative estimate of drug-likeness (QED) is 0.665. The van der Waals surface area contributed by atoms with Gasteiger partial charge in [0.25, 0.3) is 11.6 Å². The smallest absolute Gasteiger partial charge is 0.317 e. The van der Waals surface area contributed by atoms with Gasteiger partial charge in [-0.2, -0.15) is 0 Å². The van der Waals surface area contributed by atoms with Crippen LogP contribution in [0.5, 0.6) is 0 Å². The van der Waals surface area contributed by atoms with Crippen LogP contribution in [0.4, 0.5) is 10.5 Å². The monoisotopic (exact) mass is 346 g/mol. The van der Waals surface area contributed by atoms with Gasteiger partial charge in [0.1, 0.15) is 0 Å². The Hall–Kier alpha value is -2.64. The second kappa shape index (κ2) is 7.50. The summed E-state index contributed by atoms with van der Waals surface area (Å²) in [5.41, 5.74) is 0.392. The van der Waals surface area contributed by atoms with E-state index in [1.54, 1.807) is 9.80 Å². The van der Waals surface area contributed by atoms with E-state index in [1.807, 2.05) is 0 Å². The fourth-order valence-electron chi connectivity index (χ4n) is 2.90. The van der Waals surface area contributed by atoms with E-state index in [4.69, 9.17) is 0 Å². The number of amides is 3. The molecule has 1 aromatic rings. The van der Waals surface area contributed by atoms with Crippen molar-refractivity contribution in [1.29, 1.82) is 0 Å². The molecule has 0 spiro atoms. The largest absolute Gasteiger partial charge is 0.338 e. The summed E-state index contributed by atoms with van der Waals surface area (Å²) in [7, 11) is 0. The van der Waals surface area contributed by atoms with Crippen molar-refractivity contribution in [3.05, 3.63) is 39.9 Å². The molecule has 0 bridgehead atoms. The number of hydrogen-bond donors (Lipinski definition) is 1. The predicted octanol–water partition coefficient (Wildman–Crippen LogP) is 1.86. The normalized spacial score (nSPS) is 17.8. The van der Waals surface area contributed by atoms with Crippen LogP contribution in [0, 0.1) is 16.0 Å². The molecule has 2 fully saturated rings. The van der Waals surface area contributed by atoms with Crippen LogP contribution in [0.3, 0.4) is 0 Å². The highest BCUT2D eigenvalue weighted by atomic mass is 16.6. The van der Waals surface area contributed by atoms with Crippen molar-refractivity contribution >= 4 is 17.6 Å². The van der Waals surface area contributed by atoms with E-state index >= 15 is 0 Å². The van der Waals surface area contributed by atoms with E-state index in [9.17, 15) is 19.7 Å². The number of benzene rings is 1. The van der Waals surface area contributed by atoms with Gasteiger partial charge < -0.3 is 15.1 Å². The molecule has 8 heteroatoms. The van der Waals surface area contributed by atoms with E-state index in [0.717, 1.165) is 13.0 Å². The van der Waals surface area contributed by atoms with Crippen LogP contribution in [0.2, 0.25) is 0 Å². The van der Waals surface area contributed by atoms with Gasteiger partial charge >= 0.3 is 6.03 Å². The molecule has 25 heavy (non-hydrogen) atoms. The number of nitro groups is 1. The highest BCUT2D eigenvalue weighted by Gasteiger charge is 2.25. The summed E-state index contributed by atoms with van der Waals surface area (Å²) in [5, 5.41) is 13.6. The van der Waals surface area contributed by atoms with E-state index in [2.05, 4.69) is 5.32 Å². The molecule has 0 unspecified atom stereocenters. The van der Waals surface area contributed by atoms with Gasteiger partial charge in [-0.25, -0.2) is 4.79 Å². The first kappa shape index (κ1) is 17.2. The number of carbonyl (C=O) groups excluding carboxylic acids is 2. The van der Waals surface area contributed by atoms with Crippen molar-refractivity contribution in [2.45, 2.75) is 19.3 Å². The molecule has 0 aromatic heterocycles. The average Bonchev–Trinajstić information content (AvgIpc) is 3.45. The molecule has 1 saturated heterocycles. The molecule has 0 radical (unpaired) electrons. The molecular formula is C17H22N4O4. The lowest BCUT2D eigenvalue weighted by Gasteiger charge is -2.22. The molecule has 1 heterocycles. The number of nitrogens with one attached hydrogen (secondary N) is 1. The lowest BCUT2D eigenvalue weighted by atomic mass is 10.2. The van der Waals surface area contributed by atoms with Gasteiger partial charge in [0, 0.05) is 50.4 Å². The Balaban J connectivity index is 1.55. The molecule has 1 aliphatic carbocycles. The van der Waals surface area contributed by atoms with Crippen molar-refractivity contribution in [3.63, 3.8) is 0 Å². The molecule has 1 aromatic carbocycles. The van der Waals surface area contributed by atoms with Crippen molar-refractivity contribution in [3.8, 4) is 0 Å². The SMILES string of the molecule is O=C(NCC1CC1)N1CCCN(C(=O)c2ccc([N+](=O)[O-])cc2)CC1. The zero-order valence-electron chi connectivity index (χ0n) is 14.0. The maximum atomic E-state index is 12.6. The minimum absolute atomic E-state index is 0.0362. The number of carbonyl (C=O) groups is 2. The average molecular weight is 346 g/mol. The molecule has 1 aliphatic heterocycles. The Morgan fingerprint density at radius 1 is 1.08 bits per heavy atom. The Labute approximate surface area is 145 Å².